The highest BCUT2D eigenvalue weighted by Crippen LogP contribution is 2.42. The molecule has 22 heavy (non-hydrogen) atoms. The molecule has 112 valence electrons. The van der Waals surface area contributed by atoms with Gasteiger partial charge in [-0.15, -0.1) is 0 Å². The Labute approximate surface area is 131 Å². The van der Waals surface area contributed by atoms with Gasteiger partial charge in [0.2, 0.25) is 5.91 Å². The van der Waals surface area contributed by atoms with Crippen LogP contribution in [0.25, 0.3) is 0 Å². The van der Waals surface area contributed by atoms with Crippen LogP contribution in [-0.4, -0.2) is 30.4 Å². The van der Waals surface area contributed by atoms with Crippen LogP contribution in [0.2, 0.25) is 0 Å². The second kappa shape index (κ2) is 5.25. The zero-order valence-corrected chi connectivity index (χ0v) is 12.8. The van der Waals surface area contributed by atoms with Crippen molar-refractivity contribution >= 4 is 11.6 Å². The summed E-state index contributed by atoms with van der Waals surface area (Å²) in [5.74, 6) is 0.225. The molecule has 1 amide bonds. The Morgan fingerprint density at radius 2 is 1.73 bits per heavy atom. The number of likely N-dealkylation sites (N-methyl/N-ethyl adjacent to an activating group) is 1. The summed E-state index contributed by atoms with van der Waals surface area (Å²) in [6.07, 6.45) is 2.05. The van der Waals surface area contributed by atoms with Crippen LogP contribution in [0, 0.1) is 0 Å². The second-order valence-electron chi connectivity index (χ2n) is 6.17. The molecule has 2 aromatic carbocycles. The number of carbonyl (C=O) groups is 1. The fraction of sp³-hybridized carbons (Fsp3) is 0.316. The van der Waals surface area contributed by atoms with Crippen LogP contribution in [0.1, 0.15) is 30.0 Å². The summed E-state index contributed by atoms with van der Waals surface area (Å²) in [5.41, 5.74) is 3.54. The normalized spacial score (nSPS) is 24.8. The molecule has 0 aromatic heterocycles. The molecule has 0 saturated carbocycles. The van der Waals surface area contributed by atoms with E-state index in [9.17, 15) is 4.79 Å². The maximum Gasteiger partial charge on any atom is 0.244 e. The van der Waals surface area contributed by atoms with Crippen molar-refractivity contribution in [3.8, 4) is 0 Å². The molecule has 1 unspecified atom stereocenters. The van der Waals surface area contributed by atoms with Gasteiger partial charge < -0.3 is 4.90 Å². The molecule has 1 saturated heterocycles. The van der Waals surface area contributed by atoms with E-state index in [0.29, 0.717) is 0 Å². The van der Waals surface area contributed by atoms with E-state index in [1.165, 1.54) is 11.1 Å². The predicted molar refractivity (Wildman–Crippen MR) is 87.9 cm³/mol. The Morgan fingerprint density at radius 3 is 2.55 bits per heavy atom. The minimum Gasteiger partial charge on any atom is -0.314 e. The van der Waals surface area contributed by atoms with Gasteiger partial charge in [-0.1, -0.05) is 48.5 Å². The highest BCUT2D eigenvalue weighted by Gasteiger charge is 2.42. The Balaban J connectivity index is 1.93. The minimum atomic E-state index is 0.00241. The van der Waals surface area contributed by atoms with Crippen molar-refractivity contribution in [2.24, 2.45) is 0 Å². The van der Waals surface area contributed by atoms with Gasteiger partial charge in [0, 0.05) is 12.7 Å². The van der Waals surface area contributed by atoms with E-state index in [1.54, 1.807) is 0 Å². The van der Waals surface area contributed by atoms with Gasteiger partial charge in [-0.05, 0) is 36.6 Å². The van der Waals surface area contributed by atoms with E-state index >= 15 is 0 Å². The van der Waals surface area contributed by atoms with E-state index in [2.05, 4.69) is 47.4 Å². The average Bonchev–Trinajstić information content (AvgIpc) is 3.01. The summed E-state index contributed by atoms with van der Waals surface area (Å²) in [6, 6.07) is 19.0. The maximum atomic E-state index is 12.9. The predicted octanol–water partition coefficient (Wildman–Crippen LogP) is 3.22. The lowest BCUT2D eigenvalue weighted by molar-refractivity contribution is -0.122. The fourth-order valence-electron chi connectivity index (χ4n) is 3.91. The van der Waals surface area contributed by atoms with Crippen LogP contribution in [0.5, 0.6) is 0 Å². The minimum absolute atomic E-state index is 0.00241. The molecule has 2 aromatic rings. The summed E-state index contributed by atoms with van der Waals surface area (Å²) >= 11 is 0. The zero-order valence-electron chi connectivity index (χ0n) is 12.8. The summed E-state index contributed by atoms with van der Waals surface area (Å²) in [6.45, 7) is 0.984. The van der Waals surface area contributed by atoms with Crippen molar-refractivity contribution in [1.29, 1.82) is 0 Å². The van der Waals surface area contributed by atoms with Gasteiger partial charge >= 0.3 is 0 Å². The van der Waals surface area contributed by atoms with Gasteiger partial charge in [0.25, 0.3) is 0 Å². The number of para-hydroxylation sites is 1. The van der Waals surface area contributed by atoms with Gasteiger partial charge in [0.05, 0.1) is 12.1 Å². The molecule has 4 rings (SSSR count). The van der Waals surface area contributed by atoms with Crippen LogP contribution in [0.3, 0.4) is 0 Å². The molecule has 2 aliphatic heterocycles. The molecular weight excluding hydrogens is 272 g/mol. The SMILES string of the molecule is CN1C(=O)[C@@H]2CCCN2C(c2ccccc2)c2ccccc21. The maximum absolute atomic E-state index is 12.9. The first-order chi connectivity index (χ1) is 10.8. The standard InChI is InChI=1S/C19H20N2O/c1-20-16-11-6-5-10-15(16)18(14-8-3-2-4-9-14)21-13-7-12-17(21)19(20)22/h2-6,8-11,17-18H,7,12-13H2,1H3/t17-,18?/m0/s1. The van der Waals surface area contributed by atoms with E-state index in [-0.39, 0.29) is 18.0 Å². The van der Waals surface area contributed by atoms with Gasteiger partial charge in [-0.2, -0.15) is 0 Å². The Morgan fingerprint density at radius 1 is 1.00 bits per heavy atom. The quantitative estimate of drug-likeness (QED) is 0.806. The number of carbonyl (C=O) groups excluding carboxylic acids is 1. The lowest BCUT2D eigenvalue weighted by Crippen LogP contribution is -2.42. The lowest BCUT2D eigenvalue weighted by atomic mass is 9.95. The topological polar surface area (TPSA) is 23.6 Å². The highest BCUT2D eigenvalue weighted by atomic mass is 16.2. The summed E-state index contributed by atoms with van der Waals surface area (Å²) < 4.78 is 0. The van der Waals surface area contributed by atoms with Gasteiger partial charge in [-0.25, -0.2) is 0 Å². The third-order valence-electron chi connectivity index (χ3n) is 4.95. The number of benzene rings is 2. The number of nitrogens with zero attached hydrogens (tertiary/aromatic N) is 2. The van der Waals surface area contributed by atoms with Gasteiger partial charge in [0.15, 0.2) is 0 Å². The number of amides is 1. The van der Waals surface area contributed by atoms with Crippen molar-refractivity contribution in [3.63, 3.8) is 0 Å². The molecule has 2 atom stereocenters. The first-order valence-corrected chi connectivity index (χ1v) is 7.94. The molecule has 2 aliphatic rings. The van der Waals surface area contributed by atoms with Crippen molar-refractivity contribution in [3.05, 3.63) is 65.7 Å². The Kier molecular flexibility index (Phi) is 3.23. The molecule has 0 bridgehead atoms. The molecule has 0 N–H and O–H groups in total. The molecule has 3 nitrogen and oxygen atoms in total. The number of hydrogen-bond acceptors (Lipinski definition) is 2. The van der Waals surface area contributed by atoms with Crippen molar-refractivity contribution in [1.82, 2.24) is 4.90 Å². The van der Waals surface area contributed by atoms with Crippen molar-refractivity contribution in [2.45, 2.75) is 24.9 Å². The van der Waals surface area contributed by atoms with E-state index in [4.69, 9.17) is 0 Å². The molecule has 0 aliphatic carbocycles. The third kappa shape index (κ3) is 1.97. The van der Waals surface area contributed by atoms with E-state index in [1.807, 2.05) is 24.1 Å². The first-order valence-electron chi connectivity index (χ1n) is 7.94. The number of anilines is 1. The summed E-state index contributed by atoms with van der Waals surface area (Å²) in [5, 5.41) is 0. The van der Waals surface area contributed by atoms with Crippen LogP contribution in [0.15, 0.2) is 54.6 Å². The zero-order chi connectivity index (χ0) is 15.1. The summed E-state index contributed by atoms with van der Waals surface area (Å²) in [7, 11) is 1.91. The summed E-state index contributed by atoms with van der Waals surface area (Å²) in [4.78, 5) is 17.1. The first kappa shape index (κ1) is 13.5. The molecule has 3 heteroatoms. The molecule has 1 fully saturated rings. The molecular formula is C19H20N2O. The Bertz CT molecular complexity index is 698. The van der Waals surface area contributed by atoms with Crippen molar-refractivity contribution in [2.75, 3.05) is 18.5 Å². The van der Waals surface area contributed by atoms with Crippen LogP contribution in [0.4, 0.5) is 5.69 Å². The average molecular weight is 292 g/mol. The molecule has 0 radical (unpaired) electrons. The van der Waals surface area contributed by atoms with Gasteiger partial charge in [-0.3, -0.25) is 9.69 Å². The fourth-order valence-corrected chi connectivity index (χ4v) is 3.91. The Hall–Kier alpha value is -2.13. The van der Waals surface area contributed by atoms with Gasteiger partial charge in [0.1, 0.15) is 0 Å². The third-order valence-corrected chi connectivity index (χ3v) is 4.95. The van der Waals surface area contributed by atoms with Crippen LogP contribution >= 0.6 is 0 Å². The second-order valence-corrected chi connectivity index (χ2v) is 6.17. The van der Waals surface area contributed by atoms with Crippen LogP contribution in [-0.2, 0) is 4.79 Å². The molecule has 2 heterocycles. The van der Waals surface area contributed by atoms with E-state index < -0.39 is 0 Å². The number of rotatable bonds is 1. The van der Waals surface area contributed by atoms with Crippen molar-refractivity contribution < 1.29 is 4.79 Å². The monoisotopic (exact) mass is 292 g/mol. The number of fused-ring (bicyclic) bond motifs is 2. The number of hydrogen-bond donors (Lipinski definition) is 0. The highest BCUT2D eigenvalue weighted by molar-refractivity contribution is 5.98. The smallest absolute Gasteiger partial charge is 0.244 e. The molecule has 0 spiro atoms. The largest absolute Gasteiger partial charge is 0.314 e. The van der Waals surface area contributed by atoms with E-state index in [0.717, 1.165) is 25.1 Å². The lowest BCUT2D eigenvalue weighted by Gasteiger charge is -2.30. The van der Waals surface area contributed by atoms with Crippen LogP contribution < -0.4 is 4.90 Å².